The minimum absolute atomic E-state index is 0.170. The first-order chi connectivity index (χ1) is 12.2. The van der Waals surface area contributed by atoms with Crippen LogP contribution in [-0.4, -0.2) is 35.7 Å². The number of benzene rings is 1. The van der Waals surface area contributed by atoms with Crippen molar-refractivity contribution in [2.45, 2.75) is 26.9 Å². The van der Waals surface area contributed by atoms with Gasteiger partial charge in [0.2, 0.25) is 6.10 Å². The molecular weight excluding hydrogens is 336 g/mol. The molecule has 6 nitrogen and oxygen atoms in total. The van der Waals surface area contributed by atoms with E-state index in [1.54, 1.807) is 44.2 Å². The number of aliphatic carboxylic acids is 1. The molecule has 0 radical (unpaired) electrons. The number of ether oxygens (including phenoxy) is 2. The molecule has 138 valence electrons. The van der Waals surface area contributed by atoms with E-state index in [0.29, 0.717) is 0 Å². The number of carboxylic acid groups (broad SMARTS) is 1. The van der Waals surface area contributed by atoms with Gasteiger partial charge in [-0.2, -0.15) is 0 Å². The van der Waals surface area contributed by atoms with Gasteiger partial charge < -0.3 is 14.6 Å². The summed E-state index contributed by atoms with van der Waals surface area (Å²) in [6.07, 6.45) is 2.95. The van der Waals surface area contributed by atoms with Crippen LogP contribution >= 0.6 is 0 Å². The van der Waals surface area contributed by atoms with Gasteiger partial charge in [0.15, 0.2) is 0 Å². The van der Waals surface area contributed by atoms with Crippen LogP contribution in [0.4, 0.5) is 0 Å². The molecule has 0 aliphatic heterocycles. The molecule has 0 bridgehead atoms. The second kappa shape index (κ2) is 9.98. The molecule has 0 aliphatic carbocycles. The quantitative estimate of drug-likeness (QED) is 0.436. The Morgan fingerprint density at radius 1 is 1.19 bits per heavy atom. The Balaban J connectivity index is 2.72. The number of hydrogen-bond donors (Lipinski definition) is 1. The second-order valence-corrected chi connectivity index (χ2v) is 5.62. The minimum atomic E-state index is -1.61. The van der Waals surface area contributed by atoms with Crippen LogP contribution in [0.5, 0.6) is 0 Å². The molecule has 1 aromatic rings. The summed E-state index contributed by atoms with van der Waals surface area (Å²) in [5.41, 5.74) is 2.15. The maximum absolute atomic E-state index is 12.1. The van der Waals surface area contributed by atoms with Crippen LogP contribution in [0.1, 0.15) is 29.8 Å². The summed E-state index contributed by atoms with van der Waals surface area (Å²) in [6.45, 7) is 8.33. The lowest BCUT2D eigenvalue weighted by molar-refractivity contribution is -0.163. The van der Waals surface area contributed by atoms with E-state index in [4.69, 9.17) is 9.47 Å². The van der Waals surface area contributed by atoms with Gasteiger partial charge in [0.05, 0.1) is 11.1 Å². The van der Waals surface area contributed by atoms with E-state index in [1.165, 1.54) is 12.2 Å². The number of hydrogen-bond acceptors (Lipinski definition) is 5. The monoisotopic (exact) mass is 358 g/mol. The fourth-order valence-electron chi connectivity index (χ4n) is 1.79. The first kappa shape index (κ1) is 20.9. The largest absolute Gasteiger partial charge is 0.478 e. The predicted molar refractivity (Wildman–Crippen MR) is 96.7 cm³/mol. The summed E-state index contributed by atoms with van der Waals surface area (Å²) in [6, 6.07) is 6.61. The van der Waals surface area contributed by atoms with E-state index < -0.39 is 30.6 Å². The van der Waals surface area contributed by atoms with Gasteiger partial charge in [0, 0.05) is 0 Å². The first-order valence-electron chi connectivity index (χ1n) is 7.92. The van der Waals surface area contributed by atoms with Crippen molar-refractivity contribution in [1.82, 2.24) is 0 Å². The van der Waals surface area contributed by atoms with Gasteiger partial charge in [-0.05, 0) is 39.0 Å². The molecule has 1 aromatic carbocycles. The Bertz CT molecular complexity index is 740. The summed E-state index contributed by atoms with van der Waals surface area (Å²) >= 11 is 0. The molecule has 0 spiro atoms. The molecule has 1 rings (SSSR count). The van der Waals surface area contributed by atoms with Gasteiger partial charge in [-0.1, -0.05) is 42.0 Å². The molecule has 0 fully saturated rings. The summed E-state index contributed by atoms with van der Waals surface area (Å²) in [5.74, 6) is -2.93. The van der Waals surface area contributed by atoms with E-state index in [-0.39, 0.29) is 11.1 Å². The van der Waals surface area contributed by atoms with Crippen LogP contribution in [0.3, 0.4) is 0 Å². The lowest BCUT2D eigenvalue weighted by atomic mass is 10.1. The maximum atomic E-state index is 12.1. The summed E-state index contributed by atoms with van der Waals surface area (Å²) in [7, 11) is 0. The zero-order chi connectivity index (χ0) is 19.7. The molecule has 1 unspecified atom stereocenters. The molecule has 0 saturated carbocycles. The second-order valence-electron chi connectivity index (χ2n) is 5.62. The topological polar surface area (TPSA) is 89.9 Å². The van der Waals surface area contributed by atoms with E-state index in [2.05, 4.69) is 6.58 Å². The zero-order valence-electron chi connectivity index (χ0n) is 15.0. The molecule has 0 saturated heterocycles. The molecule has 0 aromatic heterocycles. The van der Waals surface area contributed by atoms with Crippen LogP contribution < -0.4 is 0 Å². The molecule has 0 aliphatic rings. The van der Waals surface area contributed by atoms with Crippen LogP contribution in [0.15, 0.2) is 60.2 Å². The Morgan fingerprint density at radius 2 is 1.81 bits per heavy atom. The lowest BCUT2D eigenvalue weighted by Crippen LogP contribution is -2.33. The van der Waals surface area contributed by atoms with E-state index in [0.717, 1.165) is 11.1 Å². The molecule has 0 heterocycles. The predicted octanol–water partition coefficient (Wildman–Crippen LogP) is 3.23. The van der Waals surface area contributed by atoms with Crippen molar-refractivity contribution in [3.63, 3.8) is 0 Å². The third kappa shape index (κ3) is 6.76. The SMILES string of the molecule is C=C(C)/C=C\C(=C/C)C(=O)OC(COC(=O)c1ccc(C)cc1)C(=O)O. The number of esters is 2. The molecule has 1 atom stereocenters. The highest BCUT2D eigenvalue weighted by Crippen LogP contribution is 2.09. The standard InChI is InChI=1S/C20H22O6/c1-5-15(9-6-13(2)3)20(24)26-17(18(21)22)12-25-19(23)16-10-7-14(4)8-11-16/h5-11,17H,2,12H2,1,3-4H3,(H,21,22)/b9-6-,15-5+. The van der Waals surface area contributed by atoms with Gasteiger partial charge in [0.1, 0.15) is 6.61 Å². The van der Waals surface area contributed by atoms with Gasteiger partial charge in [-0.3, -0.25) is 0 Å². The third-order valence-corrected chi connectivity index (χ3v) is 3.27. The van der Waals surface area contributed by atoms with Crippen LogP contribution in [0.2, 0.25) is 0 Å². The molecule has 26 heavy (non-hydrogen) atoms. The summed E-state index contributed by atoms with van der Waals surface area (Å²) < 4.78 is 9.89. The molecular formula is C20H22O6. The minimum Gasteiger partial charge on any atom is -0.478 e. The fraction of sp³-hybridized carbons (Fsp3) is 0.250. The van der Waals surface area contributed by atoms with E-state index in [1.807, 2.05) is 6.92 Å². The zero-order valence-corrected chi connectivity index (χ0v) is 15.0. The van der Waals surface area contributed by atoms with Crippen LogP contribution in [0.25, 0.3) is 0 Å². The van der Waals surface area contributed by atoms with Gasteiger partial charge in [-0.25, -0.2) is 14.4 Å². The van der Waals surface area contributed by atoms with E-state index >= 15 is 0 Å². The highest BCUT2D eigenvalue weighted by atomic mass is 16.6. The first-order valence-corrected chi connectivity index (χ1v) is 7.92. The summed E-state index contributed by atoms with van der Waals surface area (Å²) in [4.78, 5) is 35.3. The number of carboxylic acids is 1. The fourth-order valence-corrected chi connectivity index (χ4v) is 1.79. The Labute approximate surface area is 152 Å². The highest BCUT2D eigenvalue weighted by Gasteiger charge is 2.25. The van der Waals surface area contributed by atoms with Gasteiger partial charge in [-0.15, -0.1) is 0 Å². The highest BCUT2D eigenvalue weighted by molar-refractivity contribution is 5.93. The Hall–Kier alpha value is -3.15. The molecule has 1 N–H and O–H groups in total. The Kier molecular flexibility index (Phi) is 8.02. The van der Waals surface area contributed by atoms with Crippen molar-refractivity contribution in [3.8, 4) is 0 Å². The average molecular weight is 358 g/mol. The van der Waals surface area contributed by atoms with Crippen molar-refractivity contribution >= 4 is 17.9 Å². The van der Waals surface area contributed by atoms with Crippen molar-refractivity contribution in [2.75, 3.05) is 6.61 Å². The summed E-state index contributed by atoms with van der Waals surface area (Å²) in [5, 5.41) is 9.19. The van der Waals surface area contributed by atoms with Crippen LogP contribution in [0, 0.1) is 6.92 Å². The molecule has 6 heteroatoms. The number of carbonyl (C=O) groups excluding carboxylic acids is 2. The third-order valence-electron chi connectivity index (χ3n) is 3.27. The smallest absolute Gasteiger partial charge is 0.348 e. The number of carbonyl (C=O) groups is 3. The average Bonchev–Trinajstić information content (AvgIpc) is 2.58. The number of rotatable bonds is 8. The van der Waals surface area contributed by atoms with Crippen molar-refractivity contribution in [1.29, 1.82) is 0 Å². The molecule has 0 amide bonds. The Morgan fingerprint density at radius 3 is 2.31 bits per heavy atom. The number of aryl methyl sites for hydroxylation is 1. The van der Waals surface area contributed by atoms with Crippen molar-refractivity contribution < 1.29 is 29.0 Å². The normalized spacial score (nSPS) is 12.5. The number of allylic oxidation sites excluding steroid dienone is 3. The van der Waals surface area contributed by atoms with Crippen LogP contribution in [-0.2, 0) is 19.1 Å². The maximum Gasteiger partial charge on any atom is 0.348 e. The van der Waals surface area contributed by atoms with Gasteiger partial charge >= 0.3 is 17.9 Å². The van der Waals surface area contributed by atoms with E-state index in [9.17, 15) is 19.5 Å². The van der Waals surface area contributed by atoms with Gasteiger partial charge in [0.25, 0.3) is 0 Å². The van der Waals surface area contributed by atoms with Crippen molar-refractivity contribution in [2.24, 2.45) is 0 Å². The van der Waals surface area contributed by atoms with Crippen molar-refractivity contribution in [3.05, 3.63) is 71.3 Å². The lowest BCUT2D eigenvalue weighted by Gasteiger charge is -2.14.